The van der Waals surface area contributed by atoms with Gasteiger partial charge in [-0.05, 0) is 73.4 Å². The number of pyridine rings is 1. The maximum atomic E-state index is 6.39. The lowest BCUT2D eigenvalue weighted by Gasteiger charge is -2.39. The molecular formula is C31H30N2O. The van der Waals surface area contributed by atoms with Gasteiger partial charge in [0.15, 0.2) is 5.75 Å². The highest BCUT2D eigenvalue weighted by atomic mass is 16.5. The van der Waals surface area contributed by atoms with E-state index in [0.29, 0.717) is 0 Å². The summed E-state index contributed by atoms with van der Waals surface area (Å²) in [5.41, 5.74) is 10.5. The Morgan fingerprint density at radius 1 is 0.971 bits per heavy atom. The molecule has 0 atom stereocenters. The van der Waals surface area contributed by atoms with Crippen LogP contribution < -0.4 is 9.64 Å². The first-order valence-electron chi connectivity index (χ1n) is 12.1. The van der Waals surface area contributed by atoms with Crippen molar-refractivity contribution in [2.45, 2.75) is 40.5 Å². The van der Waals surface area contributed by atoms with E-state index in [2.05, 4.69) is 83.8 Å². The number of benzene rings is 2. The van der Waals surface area contributed by atoms with Crippen molar-refractivity contribution >= 4 is 23.5 Å². The monoisotopic (exact) mass is 446 g/mol. The summed E-state index contributed by atoms with van der Waals surface area (Å²) in [6.07, 6.45) is 16.6. The second-order valence-electron chi connectivity index (χ2n) is 8.41. The van der Waals surface area contributed by atoms with Crippen LogP contribution in [-0.4, -0.2) is 4.98 Å². The number of hydrogen-bond donors (Lipinski definition) is 0. The quantitative estimate of drug-likeness (QED) is 0.395. The van der Waals surface area contributed by atoms with Crippen LogP contribution in [0.25, 0.3) is 23.3 Å². The molecule has 0 fully saturated rings. The maximum absolute atomic E-state index is 6.39. The fraction of sp³-hybridized carbons (Fsp3) is 0.194. The molecule has 3 nitrogen and oxygen atoms in total. The minimum atomic E-state index is 0.884. The van der Waals surface area contributed by atoms with Crippen molar-refractivity contribution in [1.29, 1.82) is 0 Å². The van der Waals surface area contributed by atoms with Gasteiger partial charge in [-0.3, -0.25) is 4.98 Å². The molecule has 0 amide bonds. The van der Waals surface area contributed by atoms with Gasteiger partial charge >= 0.3 is 0 Å². The number of rotatable bonds is 2. The standard InChI is InChI=1S/C29H24N2O.C2H6/c1-3-9-26-19(2)32-28-17-22(24-14-20-10-5-4-6-12-25(20)30-18-24)16-23-15-21-11-7-8-13-27(21)31(26)29(23)28;1-2/h3,5-14,16-18H,4,15H2,1-2H3;1-2H3/b9-3-;. The Morgan fingerprint density at radius 3 is 2.65 bits per heavy atom. The molecule has 34 heavy (non-hydrogen) atoms. The zero-order chi connectivity index (χ0) is 23.7. The fourth-order valence-corrected chi connectivity index (χ4v) is 4.85. The smallest absolute Gasteiger partial charge is 0.151 e. The summed E-state index contributed by atoms with van der Waals surface area (Å²) < 4.78 is 6.39. The molecule has 0 N–H and O–H groups in total. The van der Waals surface area contributed by atoms with Crippen molar-refractivity contribution in [3.63, 3.8) is 0 Å². The summed E-state index contributed by atoms with van der Waals surface area (Å²) in [7, 11) is 0. The van der Waals surface area contributed by atoms with Gasteiger partial charge in [-0.1, -0.05) is 56.4 Å². The molecule has 1 aromatic heterocycles. The lowest BCUT2D eigenvalue weighted by atomic mass is 9.90. The Bertz CT molecular complexity index is 1370. The van der Waals surface area contributed by atoms with Crippen LogP contribution >= 0.6 is 0 Å². The van der Waals surface area contributed by atoms with E-state index >= 15 is 0 Å². The number of ether oxygens (including phenoxy) is 1. The molecule has 0 radical (unpaired) electrons. The highest BCUT2D eigenvalue weighted by Gasteiger charge is 2.33. The Morgan fingerprint density at radius 2 is 1.79 bits per heavy atom. The van der Waals surface area contributed by atoms with Crippen molar-refractivity contribution in [2.24, 2.45) is 0 Å². The van der Waals surface area contributed by atoms with Crippen LogP contribution in [0.15, 0.2) is 84.4 Å². The molecule has 3 aliphatic rings. The highest BCUT2D eigenvalue weighted by molar-refractivity contribution is 5.87. The molecule has 6 rings (SSSR count). The van der Waals surface area contributed by atoms with Gasteiger partial charge < -0.3 is 9.64 Å². The Labute approximate surface area is 202 Å². The number of para-hydroxylation sites is 1. The fourth-order valence-electron chi connectivity index (χ4n) is 4.85. The first-order chi connectivity index (χ1) is 16.7. The van der Waals surface area contributed by atoms with E-state index in [1.165, 1.54) is 16.8 Å². The van der Waals surface area contributed by atoms with Crippen LogP contribution in [0.3, 0.4) is 0 Å². The SMILES string of the molecule is C/C=C\C1=C(C)Oc2cc(-c3cnc4c(c3)C=CCC=C4)cc3c2N1c1ccccc1C3.CC. The summed E-state index contributed by atoms with van der Waals surface area (Å²) in [6, 6.07) is 15.4. The third kappa shape index (κ3) is 3.67. The average Bonchev–Trinajstić information content (AvgIpc) is 3.12. The predicted molar refractivity (Wildman–Crippen MR) is 143 cm³/mol. The molecule has 0 saturated carbocycles. The molecule has 0 spiro atoms. The number of hydrogen-bond acceptors (Lipinski definition) is 3. The van der Waals surface area contributed by atoms with Crippen LogP contribution in [-0.2, 0) is 6.42 Å². The predicted octanol–water partition coefficient (Wildman–Crippen LogP) is 8.45. The van der Waals surface area contributed by atoms with Gasteiger partial charge in [-0.15, -0.1) is 0 Å². The van der Waals surface area contributed by atoms with E-state index in [1.807, 2.05) is 33.9 Å². The summed E-state index contributed by atoms with van der Waals surface area (Å²) in [6.45, 7) is 8.09. The van der Waals surface area contributed by atoms with Gasteiger partial charge in [0.2, 0.25) is 0 Å². The maximum Gasteiger partial charge on any atom is 0.151 e. The van der Waals surface area contributed by atoms with E-state index in [9.17, 15) is 0 Å². The summed E-state index contributed by atoms with van der Waals surface area (Å²) in [5, 5.41) is 0. The molecular weight excluding hydrogens is 416 g/mol. The average molecular weight is 447 g/mol. The van der Waals surface area contributed by atoms with Crippen molar-refractivity contribution in [1.82, 2.24) is 4.98 Å². The molecule has 2 aliphatic heterocycles. The highest BCUT2D eigenvalue weighted by Crippen LogP contribution is 2.51. The Hall–Kier alpha value is -3.85. The first kappa shape index (κ1) is 22.0. The van der Waals surface area contributed by atoms with Crippen molar-refractivity contribution < 1.29 is 4.74 Å². The Balaban J connectivity index is 0.00000117. The molecule has 0 unspecified atom stereocenters. The Kier molecular flexibility index (Phi) is 5.93. The zero-order valence-corrected chi connectivity index (χ0v) is 20.3. The summed E-state index contributed by atoms with van der Waals surface area (Å²) in [5.74, 6) is 1.81. The van der Waals surface area contributed by atoms with Crippen molar-refractivity contribution in [3.05, 3.63) is 107 Å². The number of aromatic nitrogens is 1. The second-order valence-corrected chi connectivity index (χ2v) is 8.41. The lowest BCUT2D eigenvalue weighted by Crippen LogP contribution is -2.27. The molecule has 3 aromatic rings. The van der Waals surface area contributed by atoms with Gasteiger partial charge in [0.25, 0.3) is 0 Å². The lowest BCUT2D eigenvalue weighted by molar-refractivity contribution is 0.413. The van der Waals surface area contributed by atoms with Crippen LogP contribution in [0.4, 0.5) is 11.4 Å². The van der Waals surface area contributed by atoms with E-state index in [0.717, 1.165) is 58.1 Å². The van der Waals surface area contributed by atoms with E-state index in [-0.39, 0.29) is 0 Å². The number of allylic oxidation sites excluding steroid dienone is 5. The summed E-state index contributed by atoms with van der Waals surface area (Å²) >= 11 is 0. The van der Waals surface area contributed by atoms with E-state index in [1.54, 1.807) is 0 Å². The van der Waals surface area contributed by atoms with Gasteiger partial charge in [-0.2, -0.15) is 0 Å². The van der Waals surface area contributed by atoms with Gasteiger partial charge in [0.05, 0.1) is 17.1 Å². The number of nitrogens with zero attached hydrogens (tertiary/aromatic N) is 2. The van der Waals surface area contributed by atoms with Crippen LogP contribution in [0, 0.1) is 0 Å². The second kappa shape index (κ2) is 9.18. The first-order valence-corrected chi connectivity index (χ1v) is 12.1. The normalized spacial score (nSPS) is 15.1. The van der Waals surface area contributed by atoms with E-state index < -0.39 is 0 Å². The van der Waals surface area contributed by atoms with Crippen LogP contribution in [0.1, 0.15) is 56.5 Å². The molecule has 2 aromatic carbocycles. The van der Waals surface area contributed by atoms with Gasteiger partial charge in [0, 0.05) is 29.4 Å². The van der Waals surface area contributed by atoms with Crippen LogP contribution in [0.2, 0.25) is 0 Å². The molecule has 0 saturated heterocycles. The third-order valence-electron chi connectivity index (χ3n) is 6.31. The molecule has 3 heterocycles. The number of fused-ring (bicyclic) bond motifs is 3. The van der Waals surface area contributed by atoms with Crippen molar-refractivity contribution in [2.75, 3.05) is 4.90 Å². The van der Waals surface area contributed by atoms with Gasteiger partial charge in [-0.25, -0.2) is 0 Å². The minimum Gasteiger partial charge on any atom is -0.458 e. The topological polar surface area (TPSA) is 25.4 Å². The van der Waals surface area contributed by atoms with Crippen LogP contribution in [0.5, 0.6) is 5.75 Å². The minimum absolute atomic E-state index is 0.884. The van der Waals surface area contributed by atoms with E-state index in [4.69, 9.17) is 9.72 Å². The molecule has 1 aliphatic carbocycles. The molecule has 0 bridgehead atoms. The number of anilines is 2. The molecule has 170 valence electrons. The summed E-state index contributed by atoms with van der Waals surface area (Å²) in [4.78, 5) is 7.09. The largest absolute Gasteiger partial charge is 0.458 e. The zero-order valence-electron chi connectivity index (χ0n) is 20.3. The molecule has 3 heteroatoms. The van der Waals surface area contributed by atoms with Crippen molar-refractivity contribution in [3.8, 4) is 16.9 Å². The third-order valence-corrected chi connectivity index (χ3v) is 6.31. The van der Waals surface area contributed by atoms with Gasteiger partial charge in [0.1, 0.15) is 5.76 Å².